The van der Waals surface area contributed by atoms with Crippen molar-refractivity contribution in [2.45, 2.75) is 19.0 Å². The van der Waals surface area contributed by atoms with Crippen LogP contribution in [0, 0.1) is 5.82 Å². The smallest absolute Gasteiger partial charge is 0.244 e. The first kappa shape index (κ1) is 18.4. The molecule has 2 rings (SSSR count). The van der Waals surface area contributed by atoms with Crippen molar-refractivity contribution in [2.75, 3.05) is 40.3 Å². The van der Waals surface area contributed by atoms with Crippen molar-refractivity contribution in [3.63, 3.8) is 0 Å². The minimum atomic E-state index is -0.567. The number of carbonyl (C=O) groups excluding carboxylic acids is 2. The first-order valence-electron chi connectivity index (χ1n) is 8.09. The van der Waals surface area contributed by atoms with Gasteiger partial charge >= 0.3 is 0 Å². The van der Waals surface area contributed by atoms with Gasteiger partial charge in [0.15, 0.2) is 0 Å². The molecule has 0 radical (unpaired) electrons. The van der Waals surface area contributed by atoms with Gasteiger partial charge in [-0.1, -0.05) is 12.1 Å². The lowest BCUT2D eigenvalue weighted by Crippen LogP contribution is -2.52. The Morgan fingerprint density at radius 2 is 2.21 bits per heavy atom. The minimum Gasteiger partial charge on any atom is -0.347 e. The van der Waals surface area contributed by atoms with Crippen LogP contribution < -0.4 is 10.6 Å². The van der Waals surface area contributed by atoms with E-state index in [1.54, 1.807) is 27.1 Å². The monoisotopic (exact) mass is 336 g/mol. The lowest BCUT2D eigenvalue weighted by molar-refractivity contribution is -0.134. The van der Waals surface area contributed by atoms with Crippen molar-refractivity contribution in [3.8, 4) is 0 Å². The van der Waals surface area contributed by atoms with Crippen LogP contribution in [0.25, 0.3) is 0 Å². The predicted molar refractivity (Wildman–Crippen MR) is 89.9 cm³/mol. The highest BCUT2D eigenvalue weighted by Gasteiger charge is 2.27. The number of nitrogens with one attached hydrogen (secondary N) is 2. The minimum absolute atomic E-state index is 0.0694. The largest absolute Gasteiger partial charge is 0.347 e. The quantitative estimate of drug-likeness (QED) is 0.815. The molecule has 1 heterocycles. The van der Waals surface area contributed by atoms with Gasteiger partial charge in [-0.05, 0) is 24.6 Å². The van der Waals surface area contributed by atoms with Crippen LogP contribution in [-0.4, -0.2) is 67.9 Å². The van der Waals surface area contributed by atoms with Crippen LogP contribution in [0.1, 0.15) is 18.5 Å². The molecule has 2 amide bonds. The van der Waals surface area contributed by atoms with Crippen LogP contribution in [0.4, 0.5) is 4.39 Å². The Bertz CT molecular complexity index is 594. The molecular weight excluding hydrogens is 311 g/mol. The molecule has 1 aliphatic rings. The molecule has 1 aromatic rings. The van der Waals surface area contributed by atoms with Crippen molar-refractivity contribution in [1.29, 1.82) is 0 Å². The van der Waals surface area contributed by atoms with Crippen molar-refractivity contribution in [2.24, 2.45) is 0 Å². The summed E-state index contributed by atoms with van der Waals surface area (Å²) < 4.78 is 13.5. The Morgan fingerprint density at radius 3 is 2.88 bits per heavy atom. The molecule has 1 fully saturated rings. The molecule has 2 N–H and O–H groups in total. The number of nitrogens with zero attached hydrogens (tertiary/aromatic N) is 2. The van der Waals surface area contributed by atoms with Gasteiger partial charge in [-0.2, -0.15) is 0 Å². The molecule has 6 nitrogen and oxygen atoms in total. The molecule has 1 saturated heterocycles. The van der Waals surface area contributed by atoms with Gasteiger partial charge in [0.2, 0.25) is 11.8 Å². The molecule has 7 heteroatoms. The summed E-state index contributed by atoms with van der Waals surface area (Å²) >= 11 is 0. The molecule has 0 saturated carbocycles. The predicted octanol–water partition coefficient (Wildman–Crippen LogP) is 0.365. The van der Waals surface area contributed by atoms with Gasteiger partial charge in [-0.15, -0.1) is 0 Å². The second kappa shape index (κ2) is 8.21. The molecule has 0 spiro atoms. The van der Waals surface area contributed by atoms with E-state index in [0.717, 1.165) is 12.1 Å². The van der Waals surface area contributed by atoms with E-state index in [-0.39, 0.29) is 30.2 Å². The van der Waals surface area contributed by atoms with E-state index in [0.29, 0.717) is 13.1 Å². The van der Waals surface area contributed by atoms with Gasteiger partial charge < -0.3 is 15.5 Å². The van der Waals surface area contributed by atoms with Gasteiger partial charge in [-0.3, -0.25) is 14.5 Å². The maximum Gasteiger partial charge on any atom is 0.244 e. The van der Waals surface area contributed by atoms with Crippen molar-refractivity contribution < 1.29 is 14.0 Å². The molecule has 0 aromatic heterocycles. The summed E-state index contributed by atoms with van der Waals surface area (Å²) in [7, 11) is 3.31. The van der Waals surface area contributed by atoms with Crippen LogP contribution in [-0.2, 0) is 9.59 Å². The number of halogens is 1. The highest BCUT2D eigenvalue weighted by molar-refractivity contribution is 5.87. The maximum absolute atomic E-state index is 13.5. The van der Waals surface area contributed by atoms with E-state index in [2.05, 4.69) is 10.6 Å². The lowest BCUT2D eigenvalue weighted by Gasteiger charge is -2.36. The van der Waals surface area contributed by atoms with Crippen LogP contribution >= 0.6 is 0 Å². The third-order valence-corrected chi connectivity index (χ3v) is 4.12. The first-order chi connectivity index (χ1) is 11.4. The SMILES string of the molecule is CC(NC(=O)CN1CCNCC1c1cccc(F)c1)C(=O)N(C)C. The topological polar surface area (TPSA) is 64.7 Å². The fourth-order valence-electron chi connectivity index (χ4n) is 2.90. The average Bonchev–Trinajstić information content (AvgIpc) is 2.54. The number of hydrogen-bond acceptors (Lipinski definition) is 4. The highest BCUT2D eigenvalue weighted by atomic mass is 19.1. The van der Waals surface area contributed by atoms with Crippen LogP contribution in [0.15, 0.2) is 24.3 Å². The maximum atomic E-state index is 13.5. The van der Waals surface area contributed by atoms with Crippen molar-refractivity contribution >= 4 is 11.8 Å². The summed E-state index contributed by atoms with van der Waals surface area (Å²) in [5, 5.41) is 6.00. The molecular formula is C17H25FN4O2. The van der Waals surface area contributed by atoms with Crippen LogP contribution in [0.3, 0.4) is 0 Å². The average molecular weight is 336 g/mol. The Labute approximate surface area is 142 Å². The van der Waals surface area contributed by atoms with Crippen LogP contribution in [0.5, 0.6) is 0 Å². The number of hydrogen-bond donors (Lipinski definition) is 2. The number of carbonyl (C=O) groups is 2. The third kappa shape index (κ3) is 4.75. The zero-order valence-electron chi connectivity index (χ0n) is 14.4. The van der Waals surface area contributed by atoms with Gasteiger partial charge in [-0.25, -0.2) is 4.39 Å². The van der Waals surface area contributed by atoms with E-state index in [4.69, 9.17) is 0 Å². The number of rotatable bonds is 5. The van der Waals surface area contributed by atoms with Gasteiger partial charge in [0.05, 0.1) is 6.54 Å². The van der Waals surface area contributed by atoms with Crippen molar-refractivity contribution in [1.82, 2.24) is 20.4 Å². The van der Waals surface area contributed by atoms with E-state index in [1.165, 1.54) is 17.0 Å². The van der Waals surface area contributed by atoms with Gasteiger partial charge in [0.1, 0.15) is 11.9 Å². The molecule has 132 valence electrons. The van der Waals surface area contributed by atoms with E-state index < -0.39 is 6.04 Å². The first-order valence-corrected chi connectivity index (χ1v) is 8.09. The number of benzene rings is 1. The van der Waals surface area contributed by atoms with E-state index >= 15 is 0 Å². The molecule has 24 heavy (non-hydrogen) atoms. The van der Waals surface area contributed by atoms with E-state index in [9.17, 15) is 14.0 Å². The fraction of sp³-hybridized carbons (Fsp3) is 0.529. The molecule has 2 unspecified atom stereocenters. The summed E-state index contributed by atoms with van der Waals surface area (Å²) in [5.41, 5.74) is 0.840. The zero-order valence-corrected chi connectivity index (χ0v) is 14.4. The second-order valence-corrected chi connectivity index (χ2v) is 6.27. The number of amides is 2. The highest BCUT2D eigenvalue weighted by Crippen LogP contribution is 2.22. The molecule has 0 aliphatic carbocycles. The lowest BCUT2D eigenvalue weighted by atomic mass is 10.0. The van der Waals surface area contributed by atoms with Gasteiger partial charge in [0, 0.05) is 39.8 Å². The summed E-state index contributed by atoms with van der Waals surface area (Å²) in [5.74, 6) is -0.640. The Kier molecular flexibility index (Phi) is 6.28. The standard InChI is InChI=1S/C17H25FN4O2/c1-12(17(24)21(2)3)20-16(23)11-22-8-7-19-10-15(22)13-5-4-6-14(18)9-13/h4-6,9,12,15,19H,7-8,10-11H2,1-3H3,(H,20,23). The van der Waals surface area contributed by atoms with Crippen LogP contribution in [0.2, 0.25) is 0 Å². The fourth-order valence-corrected chi connectivity index (χ4v) is 2.90. The summed E-state index contributed by atoms with van der Waals surface area (Å²) in [4.78, 5) is 27.6. The molecule has 2 atom stereocenters. The Morgan fingerprint density at radius 1 is 1.46 bits per heavy atom. The number of piperazine rings is 1. The summed E-state index contributed by atoms with van der Waals surface area (Å²) in [6, 6.07) is 5.81. The summed E-state index contributed by atoms with van der Waals surface area (Å²) in [6.45, 7) is 3.95. The molecule has 1 aromatic carbocycles. The number of likely N-dealkylation sites (N-methyl/N-ethyl adjacent to an activating group) is 1. The Hall–Kier alpha value is -1.99. The normalized spacial score (nSPS) is 19.6. The Balaban J connectivity index is 2.00. The second-order valence-electron chi connectivity index (χ2n) is 6.27. The van der Waals surface area contributed by atoms with Crippen molar-refractivity contribution in [3.05, 3.63) is 35.6 Å². The van der Waals surface area contributed by atoms with Gasteiger partial charge in [0.25, 0.3) is 0 Å². The zero-order chi connectivity index (χ0) is 17.7. The molecule has 1 aliphatic heterocycles. The van der Waals surface area contributed by atoms with E-state index in [1.807, 2.05) is 11.0 Å². The third-order valence-electron chi connectivity index (χ3n) is 4.12. The molecule has 0 bridgehead atoms. The summed E-state index contributed by atoms with van der Waals surface area (Å²) in [6.07, 6.45) is 0.